The van der Waals surface area contributed by atoms with Crippen LogP contribution in [0.2, 0.25) is 0 Å². The van der Waals surface area contributed by atoms with Crippen LogP contribution in [0.25, 0.3) is 0 Å². The molecule has 1 N–H and O–H groups in total. The Bertz CT molecular complexity index is 222. The monoisotopic (exact) mass is 179 g/mol. The molecule has 0 spiro atoms. The van der Waals surface area contributed by atoms with E-state index in [0.717, 1.165) is 6.54 Å². The fraction of sp³-hybridized carbons (Fsp3) is 0.700. The zero-order valence-electron chi connectivity index (χ0n) is 8.00. The molecule has 13 heavy (non-hydrogen) atoms. The highest BCUT2D eigenvalue weighted by atomic mass is 15.2. The van der Waals surface area contributed by atoms with E-state index in [-0.39, 0.29) is 0 Å². The van der Waals surface area contributed by atoms with Crippen molar-refractivity contribution < 1.29 is 0 Å². The molecule has 3 nitrogen and oxygen atoms in total. The molecule has 0 unspecified atom stereocenters. The molecule has 0 radical (unpaired) electrons. The third-order valence-corrected chi connectivity index (χ3v) is 2.65. The van der Waals surface area contributed by atoms with Gasteiger partial charge in [-0.2, -0.15) is 5.10 Å². The summed E-state index contributed by atoms with van der Waals surface area (Å²) in [5, 5.41) is 6.97. The predicted octanol–water partition coefficient (Wildman–Crippen LogP) is 1.79. The molecule has 0 atom stereocenters. The first kappa shape index (κ1) is 8.75. The number of H-pyrrole nitrogens is 1. The van der Waals surface area contributed by atoms with E-state index in [1.165, 1.54) is 44.5 Å². The van der Waals surface area contributed by atoms with Gasteiger partial charge in [0.2, 0.25) is 0 Å². The van der Waals surface area contributed by atoms with Crippen molar-refractivity contribution in [3.8, 4) is 0 Å². The van der Waals surface area contributed by atoms with Gasteiger partial charge in [-0.25, -0.2) is 0 Å². The van der Waals surface area contributed by atoms with Gasteiger partial charge in [0.05, 0.1) is 0 Å². The van der Waals surface area contributed by atoms with Crippen LogP contribution >= 0.6 is 0 Å². The summed E-state index contributed by atoms with van der Waals surface area (Å²) in [7, 11) is 0. The van der Waals surface area contributed by atoms with Crippen LogP contribution in [0.3, 0.4) is 0 Å². The van der Waals surface area contributed by atoms with Crippen LogP contribution in [0.4, 0.5) is 0 Å². The molecule has 1 aromatic heterocycles. The highest BCUT2D eigenvalue weighted by Crippen LogP contribution is 2.11. The number of aromatic amines is 1. The minimum Gasteiger partial charge on any atom is -0.298 e. The summed E-state index contributed by atoms with van der Waals surface area (Å²) in [4.78, 5) is 2.51. The molecular formula is C10H17N3. The highest BCUT2D eigenvalue weighted by Gasteiger charge is 2.09. The second-order valence-electron chi connectivity index (χ2n) is 3.77. The van der Waals surface area contributed by atoms with E-state index in [4.69, 9.17) is 0 Å². The Morgan fingerprint density at radius 3 is 2.62 bits per heavy atom. The van der Waals surface area contributed by atoms with Gasteiger partial charge < -0.3 is 0 Å². The molecule has 3 heteroatoms. The Morgan fingerprint density at radius 2 is 2.00 bits per heavy atom. The maximum absolute atomic E-state index is 3.96. The molecule has 0 aliphatic carbocycles. The predicted molar refractivity (Wildman–Crippen MR) is 52.3 cm³/mol. The van der Waals surface area contributed by atoms with Gasteiger partial charge in [0.15, 0.2) is 0 Å². The molecule has 1 saturated heterocycles. The lowest BCUT2D eigenvalue weighted by molar-refractivity contribution is 0.273. The van der Waals surface area contributed by atoms with E-state index in [2.05, 4.69) is 21.2 Å². The largest absolute Gasteiger partial charge is 0.298 e. The van der Waals surface area contributed by atoms with Crippen molar-refractivity contribution in [2.45, 2.75) is 32.2 Å². The lowest BCUT2D eigenvalue weighted by Crippen LogP contribution is -2.24. The molecule has 1 aliphatic heterocycles. The standard InChI is InChI=1S/C10H17N3/c1-2-4-8-13(7-3-1)9-10-5-6-11-12-10/h5-6H,1-4,7-9H2,(H,11,12). The summed E-state index contributed by atoms with van der Waals surface area (Å²) in [5.74, 6) is 0. The molecule has 2 rings (SSSR count). The molecule has 0 bridgehead atoms. The second-order valence-corrected chi connectivity index (χ2v) is 3.77. The van der Waals surface area contributed by atoms with Gasteiger partial charge in [-0.1, -0.05) is 12.8 Å². The van der Waals surface area contributed by atoms with Crippen molar-refractivity contribution >= 4 is 0 Å². The average molecular weight is 179 g/mol. The smallest absolute Gasteiger partial charge is 0.0492 e. The normalized spacial score (nSPS) is 20.0. The van der Waals surface area contributed by atoms with Gasteiger partial charge in [0.1, 0.15) is 0 Å². The summed E-state index contributed by atoms with van der Waals surface area (Å²) in [6.07, 6.45) is 7.34. The average Bonchev–Trinajstić information content (AvgIpc) is 2.49. The molecule has 1 aromatic rings. The van der Waals surface area contributed by atoms with Gasteiger partial charge in [0.25, 0.3) is 0 Å². The fourth-order valence-electron chi connectivity index (χ4n) is 1.91. The minimum absolute atomic E-state index is 1.04. The molecule has 1 fully saturated rings. The zero-order valence-corrected chi connectivity index (χ0v) is 8.00. The SMILES string of the molecule is c1cc(CN2CCCCCC2)[nH]n1. The minimum atomic E-state index is 1.04. The van der Waals surface area contributed by atoms with Crippen LogP contribution < -0.4 is 0 Å². The number of rotatable bonds is 2. The number of aromatic nitrogens is 2. The van der Waals surface area contributed by atoms with E-state index in [1.807, 2.05) is 6.20 Å². The first-order valence-electron chi connectivity index (χ1n) is 5.16. The summed E-state index contributed by atoms with van der Waals surface area (Å²) < 4.78 is 0. The Labute approximate surface area is 79.1 Å². The summed E-state index contributed by atoms with van der Waals surface area (Å²) >= 11 is 0. The third kappa shape index (κ3) is 2.56. The number of hydrogen-bond donors (Lipinski definition) is 1. The molecular weight excluding hydrogens is 162 g/mol. The quantitative estimate of drug-likeness (QED) is 0.750. The second kappa shape index (κ2) is 4.42. The van der Waals surface area contributed by atoms with Crippen molar-refractivity contribution in [2.24, 2.45) is 0 Å². The third-order valence-electron chi connectivity index (χ3n) is 2.65. The van der Waals surface area contributed by atoms with E-state index in [1.54, 1.807) is 0 Å². The van der Waals surface area contributed by atoms with E-state index in [0.29, 0.717) is 0 Å². The number of hydrogen-bond acceptors (Lipinski definition) is 2. The van der Waals surface area contributed by atoms with Crippen molar-refractivity contribution in [1.82, 2.24) is 15.1 Å². The van der Waals surface area contributed by atoms with E-state index >= 15 is 0 Å². The summed E-state index contributed by atoms with van der Waals surface area (Å²) in [6.45, 7) is 3.54. The molecule has 0 aromatic carbocycles. The lowest BCUT2D eigenvalue weighted by atomic mass is 10.2. The molecule has 0 amide bonds. The maximum atomic E-state index is 3.96. The van der Waals surface area contributed by atoms with Crippen molar-refractivity contribution in [1.29, 1.82) is 0 Å². The number of likely N-dealkylation sites (tertiary alicyclic amines) is 1. The summed E-state index contributed by atoms with van der Waals surface area (Å²) in [6, 6.07) is 2.06. The van der Waals surface area contributed by atoms with Gasteiger partial charge in [0, 0.05) is 18.4 Å². The van der Waals surface area contributed by atoms with Gasteiger partial charge in [-0.05, 0) is 32.0 Å². The Kier molecular flexibility index (Phi) is 2.98. The van der Waals surface area contributed by atoms with Gasteiger partial charge in [-0.3, -0.25) is 10.00 Å². The fourth-order valence-corrected chi connectivity index (χ4v) is 1.91. The van der Waals surface area contributed by atoms with Gasteiger partial charge >= 0.3 is 0 Å². The highest BCUT2D eigenvalue weighted by molar-refractivity contribution is 4.97. The summed E-state index contributed by atoms with van der Waals surface area (Å²) in [5.41, 5.74) is 1.24. The first-order chi connectivity index (χ1) is 6.45. The zero-order chi connectivity index (χ0) is 8.93. The van der Waals surface area contributed by atoms with Crippen molar-refractivity contribution in [2.75, 3.05) is 13.1 Å². The van der Waals surface area contributed by atoms with Gasteiger partial charge in [-0.15, -0.1) is 0 Å². The topological polar surface area (TPSA) is 31.9 Å². The number of nitrogens with one attached hydrogen (secondary N) is 1. The van der Waals surface area contributed by atoms with Crippen LogP contribution in [0.1, 0.15) is 31.4 Å². The van der Waals surface area contributed by atoms with Crippen LogP contribution in [-0.4, -0.2) is 28.2 Å². The lowest BCUT2D eigenvalue weighted by Gasteiger charge is -2.18. The molecule has 72 valence electrons. The van der Waals surface area contributed by atoms with E-state index in [9.17, 15) is 0 Å². The molecule has 2 heterocycles. The van der Waals surface area contributed by atoms with Crippen LogP contribution in [-0.2, 0) is 6.54 Å². The Morgan fingerprint density at radius 1 is 1.23 bits per heavy atom. The Hall–Kier alpha value is -0.830. The maximum Gasteiger partial charge on any atom is 0.0492 e. The van der Waals surface area contributed by atoms with Crippen molar-refractivity contribution in [3.05, 3.63) is 18.0 Å². The van der Waals surface area contributed by atoms with Crippen LogP contribution in [0.5, 0.6) is 0 Å². The molecule has 0 saturated carbocycles. The Balaban J connectivity index is 1.86. The molecule has 1 aliphatic rings. The van der Waals surface area contributed by atoms with Crippen LogP contribution in [0, 0.1) is 0 Å². The van der Waals surface area contributed by atoms with Crippen LogP contribution in [0.15, 0.2) is 12.3 Å². The van der Waals surface area contributed by atoms with E-state index < -0.39 is 0 Å². The number of nitrogens with zero attached hydrogens (tertiary/aromatic N) is 2. The van der Waals surface area contributed by atoms with Crippen molar-refractivity contribution in [3.63, 3.8) is 0 Å². The first-order valence-corrected chi connectivity index (χ1v) is 5.16.